The van der Waals surface area contributed by atoms with E-state index in [9.17, 15) is 57.1 Å². The van der Waals surface area contributed by atoms with Crippen molar-refractivity contribution in [3.63, 3.8) is 0 Å². The first-order chi connectivity index (χ1) is 11.2. The molecule has 0 heterocycles. The third-order valence-electron chi connectivity index (χ3n) is 3.08. The van der Waals surface area contributed by atoms with Crippen LogP contribution in [0.4, 0.5) is 57.1 Å². The van der Waals surface area contributed by atoms with Gasteiger partial charge in [-0.25, -0.2) is 0 Å². The van der Waals surface area contributed by atoms with Crippen LogP contribution in [0.25, 0.3) is 0 Å². The highest BCUT2D eigenvalue weighted by Crippen LogP contribution is 2.60. The molecule has 26 heavy (non-hydrogen) atoms. The van der Waals surface area contributed by atoms with E-state index in [1.807, 2.05) is 5.32 Å². The van der Waals surface area contributed by atoms with Gasteiger partial charge in [-0.15, -0.1) is 0 Å². The number of halogens is 13. The van der Waals surface area contributed by atoms with Gasteiger partial charge in [-0.1, -0.05) is 19.1 Å². The molecule has 0 spiro atoms. The number of hydrogen-bond acceptors (Lipinski definition) is 1. The predicted octanol–water partition coefficient (Wildman–Crippen LogP) is 5.44. The molecule has 0 rings (SSSR count). The van der Waals surface area contributed by atoms with Crippen LogP contribution in [-0.2, 0) is 0 Å². The highest BCUT2D eigenvalue weighted by atomic mass is 32.1. The van der Waals surface area contributed by atoms with Crippen molar-refractivity contribution < 1.29 is 57.1 Å². The number of nitrogens with one attached hydrogen (secondary N) is 1. The van der Waals surface area contributed by atoms with Crippen LogP contribution in [0.2, 0.25) is 0 Å². The van der Waals surface area contributed by atoms with Crippen molar-refractivity contribution in [2.24, 2.45) is 0 Å². The van der Waals surface area contributed by atoms with E-state index in [1.165, 1.54) is 6.92 Å². The van der Waals surface area contributed by atoms with E-state index >= 15 is 0 Å². The summed E-state index contributed by atoms with van der Waals surface area (Å²) in [7, 11) is 0. The molecule has 0 aromatic rings. The van der Waals surface area contributed by atoms with Crippen molar-refractivity contribution >= 4 is 17.2 Å². The highest BCUT2D eigenvalue weighted by molar-refractivity contribution is 7.80. The minimum atomic E-state index is -7.86. The van der Waals surface area contributed by atoms with E-state index in [0.29, 0.717) is 0 Å². The van der Waals surface area contributed by atoms with Crippen molar-refractivity contribution in [1.29, 1.82) is 0 Å². The quantitative estimate of drug-likeness (QED) is 0.403. The monoisotopic (exact) mass is 435 g/mol. The van der Waals surface area contributed by atoms with E-state index in [0.717, 1.165) is 0 Å². The lowest BCUT2D eigenvalue weighted by Crippen LogP contribution is -2.70. The van der Waals surface area contributed by atoms with Crippen LogP contribution >= 0.6 is 12.2 Å². The maximum Gasteiger partial charge on any atom is 0.460 e. The number of rotatable bonds is 8. The molecular weight excluding hydrogens is 425 g/mol. The molecule has 15 heteroatoms. The molecule has 1 N–H and O–H groups in total. The van der Waals surface area contributed by atoms with E-state index in [1.54, 1.807) is 0 Å². The molecule has 0 aliphatic carbocycles. The van der Waals surface area contributed by atoms with Gasteiger partial charge in [0.15, 0.2) is 0 Å². The minimum Gasteiger partial charge on any atom is -0.379 e. The average molecular weight is 435 g/mol. The maximum absolute atomic E-state index is 13.3. The van der Waals surface area contributed by atoms with Crippen LogP contribution in [0.1, 0.15) is 19.8 Å². The van der Waals surface area contributed by atoms with Crippen molar-refractivity contribution in [3.8, 4) is 0 Å². The van der Waals surface area contributed by atoms with Gasteiger partial charge in [0.05, 0.1) is 4.99 Å². The van der Waals surface area contributed by atoms with Crippen LogP contribution in [0.5, 0.6) is 0 Å². The third-order valence-corrected chi connectivity index (χ3v) is 3.51. The van der Waals surface area contributed by atoms with Gasteiger partial charge in [0.2, 0.25) is 0 Å². The zero-order valence-electron chi connectivity index (χ0n) is 12.4. The standard InChI is InChI=1S/C11H10F13NS/c1-2-5(26)25-4-3-6(12,13)7(14,15)8(16,17)9(18,19)10(20,21)11(22,23)24/h2-4H2,1H3,(H,25,26). The van der Waals surface area contributed by atoms with E-state index in [-0.39, 0.29) is 11.4 Å². The van der Waals surface area contributed by atoms with Crippen molar-refractivity contribution in [2.75, 3.05) is 6.54 Å². The topological polar surface area (TPSA) is 12.0 Å². The van der Waals surface area contributed by atoms with Crippen LogP contribution in [0.15, 0.2) is 0 Å². The van der Waals surface area contributed by atoms with Gasteiger partial charge in [0.25, 0.3) is 0 Å². The van der Waals surface area contributed by atoms with Gasteiger partial charge in [-0.05, 0) is 6.42 Å². The summed E-state index contributed by atoms with van der Waals surface area (Å²) < 4.78 is 166. The summed E-state index contributed by atoms with van der Waals surface area (Å²) in [4.78, 5) is -0.204. The lowest BCUT2D eigenvalue weighted by molar-refractivity contribution is -0.440. The second-order valence-electron chi connectivity index (χ2n) is 4.95. The van der Waals surface area contributed by atoms with Gasteiger partial charge in [0, 0.05) is 13.0 Å². The Balaban J connectivity index is 5.81. The average Bonchev–Trinajstić information content (AvgIpc) is 2.44. The van der Waals surface area contributed by atoms with Crippen LogP contribution in [0, 0.1) is 0 Å². The normalized spacial score (nSPS) is 15.2. The molecule has 0 amide bonds. The van der Waals surface area contributed by atoms with Gasteiger partial charge >= 0.3 is 35.8 Å². The van der Waals surface area contributed by atoms with E-state index in [4.69, 9.17) is 0 Å². The maximum atomic E-state index is 13.3. The Kier molecular flexibility index (Phi) is 6.90. The Morgan fingerprint density at radius 2 is 1.08 bits per heavy atom. The molecule has 0 radical (unpaired) electrons. The molecule has 0 unspecified atom stereocenters. The zero-order chi connectivity index (χ0) is 21.4. The van der Waals surface area contributed by atoms with Crippen LogP contribution in [-0.4, -0.2) is 47.3 Å². The smallest absolute Gasteiger partial charge is 0.379 e. The Morgan fingerprint density at radius 1 is 0.692 bits per heavy atom. The molecule has 0 aromatic heterocycles. The molecule has 1 nitrogen and oxygen atoms in total. The largest absolute Gasteiger partial charge is 0.460 e. The predicted molar refractivity (Wildman–Crippen MR) is 66.3 cm³/mol. The lowest BCUT2D eigenvalue weighted by atomic mass is 9.92. The summed E-state index contributed by atoms with van der Waals surface area (Å²) in [5.41, 5.74) is 0. The van der Waals surface area contributed by atoms with Crippen LogP contribution < -0.4 is 5.32 Å². The summed E-state index contributed by atoms with van der Waals surface area (Å²) in [6.07, 6.45) is -9.70. The molecule has 0 saturated heterocycles. The first kappa shape index (κ1) is 25.0. The lowest BCUT2D eigenvalue weighted by Gasteiger charge is -2.39. The molecular formula is C11H10F13NS. The molecule has 0 atom stereocenters. The second kappa shape index (κ2) is 7.19. The van der Waals surface area contributed by atoms with Crippen LogP contribution in [0.3, 0.4) is 0 Å². The Hall–Kier alpha value is -1.02. The summed E-state index contributed by atoms with van der Waals surface area (Å²) in [5.74, 6) is -36.6. The fraction of sp³-hybridized carbons (Fsp3) is 0.909. The summed E-state index contributed by atoms with van der Waals surface area (Å²) in [6, 6.07) is 0. The molecule has 0 fully saturated rings. The van der Waals surface area contributed by atoms with Gasteiger partial charge in [-0.2, -0.15) is 57.1 Å². The van der Waals surface area contributed by atoms with Gasteiger partial charge < -0.3 is 5.32 Å². The van der Waals surface area contributed by atoms with Crippen molar-refractivity contribution in [1.82, 2.24) is 5.32 Å². The van der Waals surface area contributed by atoms with Gasteiger partial charge in [-0.3, -0.25) is 0 Å². The first-order valence-corrected chi connectivity index (χ1v) is 6.84. The summed E-state index contributed by atoms with van der Waals surface area (Å²) in [5, 5.41) is 1.86. The SMILES string of the molecule is CCC(=S)NCCC(F)(F)C(F)(F)C(F)(F)C(F)(F)C(F)(F)C(F)(F)F. The number of alkyl halides is 13. The molecule has 0 bridgehead atoms. The van der Waals surface area contributed by atoms with Crippen molar-refractivity contribution in [3.05, 3.63) is 0 Å². The van der Waals surface area contributed by atoms with Crippen molar-refractivity contribution in [2.45, 2.75) is 55.6 Å². The zero-order valence-corrected chi connectivity index (χ0v) is 13.3. The molecule has 156 valence electrons. The summed E-state index contributed by atoms with van der Waals surface area (Å²) in [6.45, 7) is 0.114. The number of thiocarbonyl (C=S) groups is 1. The van der Waals surface area contributed by atoms with E-state index < -0.39 is 48.8 Å². The van der Waals surface area contributed by atoms with Gasteiger partial charge in [0.1, 0.15) is 0 Å². The Labute approximate surface area is 142 Å². The second-order valence-corrected chi connectivity index (χ2v) is 5.45. The highest BCUT2D eigenvalue weighted by Gasteiger charge is 2.90. The fourth-order valence-corrected chi connectivity index (χ4v) is 1.54. The molecule has 0 aromatic carbocycles. The number of hydrogen-bond donors (Lipinski definition) is 1. The molecule has 0 saturated carbocycles. The molecule has 0 aliphatic rings. The summed E-state index contributed by atoms with van der Waals surface area (Å²) >= 11 is 4.42. The Morgan fingerprint density at radius 3 is 1.42 bits per heavy atom. The van der Waals surface area contributed by atoms with E-state index in [2.05, 4.69) is 12.2 Å². The Bertz CT molecular complexity index is 511. The minimum absolute atomic E-state index is 0.00331. The fourth-order valence-electron chi connectivity index (χ4n) is 1.44. The molecule has 0 aliphatic heterocycles. The third kappa shape index (κ3) is 3.96. The first-order valence-electron chi connectivity index (χ1n) is 6.43.